The lowest BCUT2D eigenvalue weighted by atomic mass is 10.0. The minimum absolute atomic E-state index is 0.0239. The molecule has 0 aliphatic carbocycles. The number of aromatic amines is 1. The summed E-state index contributed by atoms with van der Waals surface area (Å²) >= 11 is 0. The highest BCUT2D eigenvalue weighted by Gasteiger charge is 2.27. The number of hydrogen-bond donors (Lipinski definition) is 4. The fraction of sp³-hybridized carbons (Fsp3) is 0.267. The maximum absolute atomic E-state index is 14.0. The Morgan fingerprint density at radius 2 is 1.68 bits per heavy atom. The highest BCUT2D eigenvalue weighted by atomic mass is 19.1. The number of hydrogen-bond acceptors (Lipinski definition) is 5. The predicted molar refractivity (Wildman–Crippen MR) is 147 cm³/mol. The predicted octanol–water partition coefficient (Wildman–Crippen LogP) is 4.99. The molecule has 2 atom stereocenters. The Morgan fingerprint density at radius 1 is 0.950 bits per heavy atom. The zero-order chi connectivity index (χ0) is 28.8. The van der Waals surface area contributed by atoms with Gasteiger partial charge in [0.1, 0.15) is 29.2 Å². The van der Waals surface area contributed by atoms with Crippen molar-refractivity contribution < 1.29 is 27.5 Å². The molecule has 4 aromatic rings. The summed E-state index contributed by atoms with van der Waals surface area (Å²) in [7, 11) is 0. The fourth-order valence-corrected chi connectivity index (χ4v) is 4.55. The molecule has 1 amide bonds. The van der Waals surface area contributed by atoms with Crippen LogP contribution in [-0.4, -0.2) is 35.6 Å². The topological polar surface area (TPSA) is 109 Å². The van der Waals surface area contributed by atoms with Crippen molar-refractivity contribution in [3.8, 4) is 0 Å². The number of esters is 1. The highest BCUT2D eigenvalue weighted by molar-refractivity contribution is 6.10. The number of anilines is 1. The zero-order valence-corrected chi connectivity index (χ0v) is 22.2. The van der Waals surface area contributed by atoms with Crippen LogP contribution in [0.5, 0.6) is 0 Å². The number of nitrogens with one attached hydrogen (secondary N) is 3. The molecule has 0 saturated heterocycles. The number of halogens is 3. The molecule has 0 fully saturated rings. The van der Waals surface area contributed by atoms with Crippen LogP contribution in [0.25, 0.3) is 10.9 Å². The number of H-pyrrole nitrogens is 1. The number of nitrogens with two attached hydrogens (primary N) is 1. The van der Waals surface area contributed by atoms with E-state index >= 15 is 0 Å². The van der Waals surface area contributed by atoms with E-state index in [2.05, 4.69) is 28.6 Å². The molecule has 0 aliphatic heterocycles. The second-order valence-electron chi connectivity index (χ2n) is 9.64. The molecule has 3 aromatic carbocycles. The first kappa shape index (κ1) is 28.8. The van der Waals surface area contributed by atoms with E-state index in [1.807, 2.05) is 18.2 Å². The zero-order valence-electron chi connectivity index (χ0n) is 22.2. The molecule has 40 heavy (non-hydrogen) atoms. The molecule has 0 saturated carbocycles. The molecule has 5 N–H and O–H groups in total. The summed E-state index contributed by atoms with van der Waals surface area (Å²) in [6.07, 6.45) is -0.0221. The van der Waals surface area contributed by atoms with Crippen LogP contribution in [-0.2, 0) is 28.9 Å². The Hall–Kier alpha value is -4.15. The molecular weight excluding hydrogens is 521 g/mol. The van der Waals surface area contributed by atoms with Crippen LogP contribution >= 0.6 is 0 Å². The molecule has 0 aliphatic rings. The molecule has 10 heteroatoms. The minimum atomic E-state index is -0.929. The third kappa shape index (κ3) is 7.28. The number of ether oxygens (including phenoxy) is 1. The largest absolute Gasteiger partial charge is 0.455 e. The van der Waals surface area contributed by atoms with Gasteiger partial charge in [0.05, 0.1) is 5.69 Å². The van der Waals surface area contributed by atoms with E-state index in [9.17, 15) is 22.8 Å². The number of benzene rings is 3. The van der Waals surface area contributed by atoms with Crippen LogP contribution in [0.2, 0.25) is 0 Å². The number of aryl methyl sites for hydroxylation is 1. The molecular formula is C30H31F3N4O3. The maximum Gasteiger partial charge on any atom is 0.357 e. The van der Waals surface area contributed by atoms with E-state index in [1.54, 1.807) is 0 Å². The van der Waals surface area contributed by atoms with Crippen molar-refractivity contribution in [1.82, 2.24) is 10.3 Å². The van der Waals surface area contributed by atoms with E-state index < -0.39 is 41.5 Å². The molecule has 7 nitrogen and oxygen atoms in total. The lowest BCUT2D eigenvalue weighted by Crippen LogP contribution is -2.46. The number of rotatable bonds is 11. The van der Waals surface area contributed by atoms with Crippen LogP contribution in [0.15, 0.2) is 60.7 Å². The van der Waals surface area contributed by atoms with Crippen molar-refractivity contribution in [2.75, 3.05) is 11.9 Å². The van der Waals surface area contributed by atoms with E-state index in [0.717, 1.165) is 18.1 Å². The summed E-state index contributed by atoms with van der Waals surface area (Å²) in [6, 6.07) is 14.1. The van der Waals surface area contributed by atoms with Crippen molar-refractivity contribution in [3.63, 3.8) is 0 Å². The molecule has 210 valence electrons. The SMILES string of the molecule is CCc1cccc(CNCC(OC(=O)c2[nH]c3ccc(F)cc3c2NC(C)=O)C(N)Cc2cc(F)cc(F)c2)c1. The Balaban J connectivity index is 1.58. The van der Waals surface area contributed by atoms with E-state index in [0.29, 0.717) is 23.0 Å². The number of aromatic nitrogens is 1. The normalized spacial score (nSPS) is 12.8. The van der Waals surface area contributed by atoms with E-state index in [-0.39, 0.29) is 24.3 Å². The van der Waals surface area contributed by atoms with Crippen LogP contribution < -0.4 is 16.4 Å². The maximum atomic E-state index is 14.0. The fourth-order valence-electron chi connectivity index (χ4n) is 4.55. The van der Waals surface area contributed by atoms with Gasteiger partial charge < -0.3 is 26.1 Å². The van der Waals surface area contributed by atoms with Gasteiger partial charge in [0.25, 0.3) is 0 Å². The first-order valence-corrected chi connectivity index (χ1v) is 12.9. The molecule has 0 bridgehead atoms. The molecule has 1 aromatic heterocycles. The Morgan fingerprint density at radius 3 is 2.38 bits per heavy atom. The summed E-state index contributed by atoms with van der Waals surface area (Å²) in [5, 5.41) is 6.11. The Labute approximate surface area is 229 Å². The standard InChI is InChI=1S/C30H31F3N4O3/c1-3-18-5-4-6-19(9-18)15-35-16-27(25(34)12-20-10-22(32)13-23(33)11-20)40-30(39)29-28(36-17(2)38)24-14-21(31)7-8-26(24)37-29/h4-11,13-14,25,27,35,37H,3,12,15-16,34H2,1-2H3,(H,36,38). The summed E-state index contributed by atoms with van der Waals surface area (Å²) in [4.78, 5) is 28.1. The molecule has 0 radical (unpaired) electrons. The second-order valence-corrected chi connectivity index (χ2v) is 9.64. The highest BCUT2D eigenvalue weighted by Crippen LogP contribution is 2.29. The quantitative estimate of drug-likeness (QED) is 0.196. The van der Waals surface area contributed by atoms with Gasteiger partial charge in [-0.3, -0.25) is 4.79 Å². The minimum Gasteiger partial charge on any atom is -0.455 e. The molecule has 4 rings (SSSR count). The van der Waals surface area contributed by atoms with Crippen molar-refractivity contribution >= 4 is 28.5 Å². The van der Waals surface area contributed by atoms with Gasteiger partial charge in [0.2, 0.25) is 5.91 Å². The Bertz CT molecular complexity index is 1500. The van der Waals surface area contributed by atoms with Crippen molar-refractivity contribution in [1.29, 1.82) is 0 Å². The Kier molecular flexibility index (Phi) is 9.23. The van der Waals surface area contributed by atoms with Crippen LogP contribution in [0, 0.1) is 17.5 Å². The average Bonchev–Trinajstić information content (AvgIpc) is 3.24. The van der Waals surface area contributed by atoms with Gasteiger partial charge in [-0.25, -0.2) is 18.0 Å². The summed E-state index contributed by atoms with van der Waals surface area (Å²) < 4.78 is 47.4. The van der Waals surface area contributed by atoms with Crippen LogP contribution in [0.4, 0.5) is 18.9 Å². The first-order chi connectivity index (χ1) is 19.1. The van der Waals surface area contributed by atoms with Gasteiger partial charge in [-0.2, -0.15) is 0 Å². The molecule has 2 unspecified atom stereocenters. The van der Waals surface area contributed by atoms with Crippen LogP contribution in [0.3, 0.4) is 0 Å². The number of amides is 1. The van der Waals surface area contributed by atoms with Gasteiger partial charge in [-0.1, -0.05) is 31.2 Å². The average molecular weight is 553 g/mol. The summed E-state index contributed by atoms with van der Waals surface area (Å²) in [5.41, 5.74) is 9.34. The van der Waals surface area contributed by atoms with Gasteiger partial charge in [-0.05, 0) is 59.9 Å². The number of carbonyl (C=O) groups is 2. The van der Waals surface area contributed by atoms with Crippen molar-refractivity contribution in [2.45, 2.75) is 45.4 Å². The second kappa shape index (κ2) is 12.8. The lowest BCUT2D eigenvalue weighted by Gasteiger charge is -2.25. The van der Waals surface area contributed by atoms with Crippen molar-refractivity contribution in [2.24, 2.45) is 5.73 Å². The van der Waals surface area contributed by atoms with Crippen LogP contribution in [0.1, 0.15) is 41.0 Å². The first-order valence-electron chi connectivity index (χ1n) is 12.9. The smallest absolute Gasteiger partial charge is 0.357 e. The van der Waals surface area contributed by atoms with E-state index in [4.69, 9.17) is 10.5 Å². The number of fused-ring (bicyclic) bond motifs is 1. The lowest BCUT2D eigenvalue weighted by molar-refractivity contribution is -0.114. The van der Waals surface area contributed by atoms with Gasteiger partial charge in [0, 0.05) is 43.0 Å². The van der Waals surface area contributed by atoms with Gasteiger partial charge >= 0.3 is 5.97 Å². The monoisotopic (exact) mass is 552 g/mol. The molecule has 1 heterocycles. The van der Waals surface area contributed by atoms with Gasteiger partial charge in [0.15, 0.2) is 0 Å². The third-order valence-corrected chi connectivity index (χ3v) is 6.47. The molecule has 0 spiro atoms. The van der Waals surface area contributed by atoms with Gasteiger partial charge in [-0.15, -0.1) is 0 Å². The number of carbonyl (C=O) groups excluding carboxylic acids is 2. The summed E-state index contributed by atoms with van der Waals surface area (Å²) in [5.74, 6) is -3.32. The van der Waals surface area contributed by atoms with E-state index in [1.165, 1.54) is 42.8 Å². The van der Waals surface area contributed by atoms with Crippen molar-refractivity contribution in [3.05, 3.63) is 100 Å². The third-order valence-electron chi connectivity index (χ3n) is 6.47. The summed E-state index contributed by atoms with van der Waals surface area (Å²) in [6.45, 7) is 3.92.